The number of hydrogen-bond donors (Lipinski definition) is 0. The largest absolute Gasteiger partial charge is 0.444 e. The SMILES string of the molecule is Cc1cc(C)nc(S(=O)(=O)[C@@H]2CCN(C(=O)OC(C)(C)C)C2)n1. The summed E-state index contributed by atoms with van der Waals surface area (Å²) in [5.41, 5.74) is 0.612. The van der Waals surface area contributed by atoms with Crippen LogP contribution in [-0.4, -0.2) is 53.3 Å². The minimum absolute atomic E-state index is 0.105. The minimum atomic E-state index is -3.67. The second-order valence-corrected chi connectivity index (χ2v) is 8.94. The number of carbonyl (C=O) groups is 1. The highest BCUT2D eigenvalue weighted by Crippen LogP contribution is 2.23. The van der Waals surface area contributed by atoms with Gasteiger partial charge in [0.2, 0.25) is 15.0 Å². The molecule has 1 saturated heterocycles. The van der Waals surface area contributed by atoms with E-state index in [0.717, 1.165) is 0 Å². The van der Waals surface area contributed by atoms with E-state index in [-0.39, 0.29) is 11.7 Å². The van der Waals surface area contributed by atoms with E-state index in [1.165, 1.54) is 4.90 Å². The molecule has 0 aromatic carbocycles. The Bertz CT molecular complexity index is 690. The lowest BCUT2D eigenvalue weighted by atomic mass is 10.2. The molecule has 0 unspecified atom stereocenters. The van der Waals surface area contributed by atoms with Crippen LogP contribution < -0.4 is 0 Å². The summed E-state index contributed by atoms with van der Waals surface area (Å²) in [5, 5.41) is -0.859. The second kappa shape index (κ2) is 6.07. The molecule has 1 aliphatic heterocycles. The number of carbonyl (C=O) groups excluding carboxylic acids is 1. The zero-order chi connectivity index (χ0) is 17.4. The van der Waals surface area contributed by atoms with Crippen LogP contribution in [0.3, 0.4) is 0 Å². The average molecular weight is 341 g/mol. The number of sulfone groups is 1. The van der Waals surface area contributed by atoms with Crippen LogP contribution in [0.1, 0.15) is 38.6 Å². The number of nitrogens with zero attached hydrogens (tertiary/aromatic N) is 3. The number of ether oxygens (including phenoxy) is 1. The Morgan fingerprint density at radius 3 is 2.35 bits per heavy atom. The fourth-order valence-electron chi connectivity index (χ4n) is 2.44. The fraction of sp³-hybridized carbons (Fsp3) is 0.667. The maximum absolute atomic E-state index is 12.7. The third-order valence-electron chi connectivity index (χ3n) is 3.45. The Hall–Kier alpha value is -1.70. The van der Waals surface area contributed by atoms with Crippen molar-refractivity contribution in [2.45, 2.75) is 57.0 Å². The predicted octanol–water partition coefficient (Wildman–Crippen LogP) is 1.88. The van der Waals surface area contributed by atoms with E-state index in [2.05, 4.69) is 9.97 Å². The predicted molar refractivity (Wildman–Crippen MR) is 84.9 cm³/mol. The molecule has 0 bridgehead atoms. The molecule has 1 fully saturated rings. The second-order valence-electron chi connectivity index (χ2n) is 6.82. The van der Waals surface area contributed by atoms with E-state index in [4.69, 9.17) is 4.74 Å². The molecule has 2 heterocycles. The summed E-state index contributed by atoms with van der Waals surface area (Å²) in [6, 6.07) is 1.72. The van der Waals surface area contributed by atoms with Crippen LogP contribution in [0.5, 0.6) is 0 Å². The minimum Gasteiger partial charge on any atom is -0.444 e. The van der Waals surface area contributed by atoms with E-state index in [1.54, 1.807) is 40.7 Å². The first kappa shape index (κ1) is 17.7. The van der Waals surface area contributed by atoms with Gasteiger partial charge in [0, 0.05) is 24.5 Å². The van der Waals surface area contributed by atoms with Gasteiger partial charge in [-0.15, -0.1) is 0 Å². The summed E-state index contributed by atoms with van der Waals surface area (Å²) in [7, 11) is -3.67. The summed E-state index contributed by atoms with van der Waals surface area (Å²) in [6.07, 6.45) is -0.130. The van der Waals surface area contributed by atoms with Gasteiger partial charge in [0.15, 0.2) is 0 Å². The Morgan fingerprint density at radius 1 is 1.26 bits per heavy atom. The van der Waals surface area contributed by atoms with Crippen molar-refractivity contribution in [2.75, 3.05) is 13.1 Å². The zero-order valence-corrected chi connectivity index (χ0v) is 15.0. The molecular weight excluding hydrogens is 318 g/mol. The van der Waals surface area contributed by atoms with Crippen LogP contribution in [0.15, 0.2) is 11.2 Å². The Labute approximate surface area is 137 Å². The van der Waals surface area contributed by atoms with Gasteiger partial charge in [-0.1, -0.05) is 0 Å². The zero-order valence-electron chi connectivity index (χ0n) is 14.2. The molecule has 1 aliphatic rings. The topological polar surface area (TPSA) is 89.5 Å². The summed E-state index contributed by atoms with van der Waals surface area (Å²) in [4.78, 5) is 21.6. The molecule has 0 spiro atoms. The van der Waals surface area contributed by atoms with Crippen molar-refractivity contribution in [2.24, 2.45) is 0 Å². The molecule has 1 atom stereocenters. The third-order valence-corrected chi connectivity index (χ3v) is 5.41. The standard InChI is InChI=1S/C15H23N3O4S/c1-10-8-11(2)17-13(16-10)23(20,21)12-6-7-18(9-12)14(19)22-15(3,4)5/h8,12H,6-7,9H2,1-5H3/t12-/m1/s1. The molecule has 8 heteroatoms. The molecule has 1 aromatic rings. The van der Waals surface area contributed by atoms with Crippen molar-refractivity contribution in [1.29, 1.82) is 0 Å². The van der Waals surface area contributed by atoms with E-state index < -0.39 is 26.8 Å². The molecule has 7 nitrogen and oxygen atoms in total. The van der Waals surface area contributed by atoms with Crippen LogP contribution in [0, 0.1) is 13.8 Å². The van der Waals surface area contributed by atoms with Gasteiger partial charge >= 0.3 is 6.09 Å². The molecule has 23 heavy (non-hydrogen) atoms. The van der Waals surface area contributed by atoms with E-state index in [9.17, 15) is 13.2 Å². The van der Waals surface area contributed by atoms with E-state index in [0.29, 0.717) is 24.4 Å². The van der Waals surface area contributed by atoms with Gasteiger partial charge in [0.05, 0.1) is 5.25 Å². The van der Waals surface area contributed by atoms with E-state index in [1.807, 2.05) is 0 Å². The van der Waals surface area contributed by atoms with Gasteiger partial charge in [-0.3, -0.25) is 0 Å². The Balaban J connectivity index is 2.15. The maximum atomic E-state index is 12.7. The van der Waals surface area contributed by atoms with Crippen LogP contribution >= 0.6 is 0 Å². The van der Waals surface area contributed by atoms with Crippen molar-refractivity contribution in [3.8, 4) is 0 Å². The lowest BCUT2D eigenvalue weighted by Gasteiger charge is -2.24. The lowest BCUT2D eigenvalue weighted by molar-refractivity contribution is 0.0295. The van der Waals surface area contributed by atoms with Crippen molar-refractivity contribution in [3.63, 3.8) is 0 Å². The Morgan fingerprint density at radius 2 is 1.83 bits per heavy atom. The quantitative estimate of drug-likeness (QED) is 0.763. The number of rotatable bonds is 2. The number of amides is 1. The highest BCUT2D eigenvalue weighted by Gasteiger charge is 2.39. The first-order valence-corrected chi connectivity index (χ1v) is 9.08. The summed E-state index contributed by atoms with van der Waals surface area (Å²) < 4.78 is 30.7. The van der Waals surface area contributed by atoms with Gasteiger partial charge < -0.3 is 9.64 Å². The number of aryl methyl sites for hydroxylation is 2. The van der Waals surface area contributed by atoms with E-state index >= 15 is 0 Å². The first-order chi connectivity index (χ1) is 10.5. The van der Waals surface area contributed by atoms with Crippen LogP contribution in [0.2, 0.25) is 0 Å². The number of aromatic nitrogens is 2. The van der Waals surface area contributed by atoms with Gasteiger partial charge in [-0.25, -0.2) is 23.2 Å². The van der Waals surface area contributed by atoms with Crippen molar-refractivity contribution in [3.05, 3.63) is 17.5 Å². The monoisotopic (exact) mass is 341 g/mol. The van der Waals surface area contributed by atoms with Gasteiger partial charge in [-0.05, 0) is 47.1 Å². The molecule has 0 N–H and O–H groups in total. The summed E-state index contributed by atoms with van der Waals surface area (Å²) in [5.74, 6) is 0. The lowest BCUT2D eigenvalue weighted by Crippen LogP contribution is -2.37. The van der Waals surface area contributed by atoms with Crippen LogP contribution in [0.4, 0.5) is 4.79 Å². The highest BCUT2D eigenvalue weighted by atomic mass is 32.2. The Kier molecular flexibility index (Phi) is 4.66. The van der Waals surface area contributed by atoms with Crippen molar-refractivity contribution < 1.29 is 17.9 Å². The molecule has 1 amide bonds. The molecule has 0 aliphatic carbocycles. The van der Waals surface area contributed by atoms with Crippen LogP contribution in [0.25, 0.3) is 0 Å². The van der Waals surface area contributed by atoms with Gasteiger partial charge in [-0.2, -0.15) is 0 Å². The summed E-state index contributed by atoms with van der Waals surface area (Å²) >= 11 is 0. The maximum Gasteiger partial charge on any atom is 0.410 e. The molecule has 0 saturated carbocycles. The third kappa shape index (κ3) is 4.19. The number of likely N-dealkylation sites (tertiary alicyclic amines) is 1. The van der Waals surface area contributed by atoms with Crippen molar-refractivity contribution in [1.82, 2.24) is 14.9 Å². The first-order valence-electron chi connectivity index (χ1n) is 7.53. The number of hydrogen-bond acceptors (Lipinski definition) is 6. The molecule has 128 valence electrons. The smallest absolute Gasteiger partial charge is 0.410 e. The molecule has 2 rings (SSSR count). The van der Waals surface area contributed by atoms with Crippen molar-refractivity contribution >= 4 is 15.9 Å². The van der Waals surface area contributed by atoms with Crippen LogP contribution in [-0.2, 0) is 14.6 Å². The summed E-state index contributed by atoms with van der Waals surface area (Å²) in [6.45, 7) is 9.25. The van der Waals surface area contributed by atoms with Gasteiger partial charge in [0.1, 0.15) is 5.60 Å². The normalized spacial score (nSPS) is 19.0. The van der Waals surface area contributed by atoms with Gasteiger partial charge in [0.25, 0.3) is 0 Å². The fourth-order valence-corrected chi connectivity index (χ4v) is 4.08. The average Bonchev–Trinajstić information content (AvgIpc) is 2.85. The molecular formula is C15H23N3O4S. The molecule has 0 radical (unpaired) electrons. The highest BCUT2D eigenvalue weighted by molar-refractivity contribution is 7.91. The molecule has 1 aromatic heterocycles.